The van der Waals surface area contributed by atoms with Gasteiger partial charge in [0.25, 0.3) is 5.91 Å². The summed E-state index contributed by atoms with van der Waals surface area (Å²) in [4.78, 5) is 42.9. The Morgan fingerprint density at radius 1 is 1.07 bits per heavy atom. The zero-order valence-electron chi connectivity index (χ0n) is 15.6. The first-order valence-corrected chi connectivity index (χ1v) is 9.76. The minimum absolute atomic E-state index is 0.212. The number of H-pyrrole nitrogens is 1. The molecule has 4 rings (SSSR count). The van der Waals surface area contributed by atoms with E-state index in [1.54, 1.807) is 0 Å². The van der Waals surface area contributed by atoms with E-state index >= 15 is 0 Å². The van der Waals surface area contributed by atoms with E-state index in [0.29, 0.717) is 18.4 Å². The van der Waals surface area contributed by atoms with Crippen LogP contribution in [0.2, 0.25) is 0 Å². The number of hydrogen-bond donors (Lipinski definition) is 2. The van der Waals surface area contributed by atoms with Crippen LogP contribution in [-0.4, -0.2) is 39.7 Å². The van der Waals surface area contributed by atoms with E-state index in [0.717, 1.165) is 47.2 Å². The first-order valence-electron chi connectivity index (χ1n) is 9.76. The number of rotatable bonds is 3. The number of aromatic nitrogens is 1. The number of carbonyl (C=O) groups is 3. The minimum atomic E-state index is -0.812. The molecule has 1 saturated heterocycles. The number of nitrogens with one attached hydrogen (secondary N) is 2. The number of benzene rings is 1. The number of carbonyl (C=O) groups excluding carboxylic acids is 3. The lowest BCUT2D eigenvalue weighted by atomic mass is 9.84. The summed E-state index contributed by atoms with van der Waals surface area (Å²) in [5.74, 6) is -0.448. The smallest absolute Gasteiger partial charge is 0.325 e. The van der Waals surface area contributed by atoms with Crippen molar-refractivity contribution in [3.63, 3.8) is 0 Å². The van der Waals surface area contributed by atoms with Crippen LogP contribution in [-0.2, 0) is 4.79 Å². The number of aryl methyl sites for hydroxylation is 1. The highest BCUT2D eigenvalue weighted by Crippen LogP contribution is 2.32. The Morgan fingerprint density at radius 2 is 1.74 bits per heavy atom. The standard InChI is InChI=1S/C21H25N3O3/c1-14-18(15-9-5-6-10-16(15)22-14)17(25)13-24-19(26)21(23-20(24)27)11-7-3-2-4-8-12-21/h5-6,9-10,22H,2-4,7-8,11-13H2,1H3,(H,23,27). The fourth-order valence-corrected chi connectivity index (χ4v) is 4.53. The number of imide groups is 1. The van der Waals surface area contributed by atoms with Gasteiger partial charge in [0.2, 0.25) is 0 Å². The predicted molar refractivity (Wildman–Crippen MR) is 103 cm³/mol. The molecule has 142 valence electrons. The molecule has 1 saturated carbocycles. The maximum absolute atomic E-state index is 13.1. The van der Waals surface area contributed by atoms with Gasteiger partial charge in [-0.15, -0.1) is 0 Å². The van der Waals surface area contributed by atoms with Crippen molar-refractivity contribution in [2.24, 2.45) is 0 Å². The van der Waals surface area contributed by atoms with E-state index in [4.69, 9.17) is 0 Å². The summed E-state index contributed by atoms with van der Waals surface area (Å²) in [7, 11) is 0. The first-order chi connectivity index (χ1) is 13.0. The highest BCUT2D eigenvalue weighted by molar-refractivity contribution is 6.15. The Bertz CT molecular complexity index is 907. The van der Waals surface area contributed by atoms with Crippen molar-refractivity contribution in [2.45, 2.75) is 57.4 Å². The van der Waals surface area contributed by atoms with Crippen LogP contribution in [0, 0.1) is 6.92 Å². The number of urea groups is 1. The summed E-state index contributed by atoms with van der Waals surface area (Å²) in [5, 5.41) is 3.74. The molecule has 0 atom stereocenters. The first kappa shape index (κ1) is 17.8. The maximum Gasteiger partial charge on any atom is 0.325 e. The second-order valence-electron chi connectivity index (χ2n) is 7.77. The predicted octanol–water partition coefficient (Wildman–Crippen LogP) is 3.69. The fourth-order valence-electron chi connectivity index (χ4n) is 4.53. The fraction of sp³-hybridized carbons (Fsp3) is 0.476. The molecule has 2 N–H and O–H groups in total. The molecule has 27 heavy (non-hydrogen) atoms. The number of fused-ring (bicyclic) bond motifs is 1. The molecule has 1 spiro atoms. The van der Waals surface area contributed by atoms with Gasteiger partial charge in [-0.25, -0.2) is 4.79 Å². The average molecular weight is 367 g/mol. The van der Waals surface area contributed by atoms with E-state index < -0.39 is 11.6 Å². The molecule has 2 aliphatic rings. The van der Waals surface area contributed by atoms with Gasteiger partial charge in [0, 0.05) is 22.2 Å². The third kappa shape index (κ3) is 3.03. The summed E-state index contributed by atoms with van der Waals surface area (Å²) >= 11 is 0. The van der Waals surface area contributed by atoms with Crippen molar-refractivity contribution in [3.05, 3.63) is 35.5 Å². The molecule has 1 aliphatic heterocycles. The molecular weight excluding hydrogens is 342 g/mol. The van der Waals surface area contributed by atoms with Crippen LogP contribution >= 0.6 is 0 Å². The molecule has 2 heterocycles. The van der Waals surface area contributed by atoms with Crippen molar-refractivity contribution in [3.8, 4) is 0 Å². The lowest BCUT2D eigenvalue weighted by Crippen LogP contribution is -2.47. The number of nitrogens with zero attached hydrogens (tertiary/aromatic N) is 1. The minimum Gasteiger partial charge on any atom is -0.358 e. The van der Waals surface area contributed by atoms with Crippen molar-refractivity contribution in [2.75, 3.05) is 6.54 Å². The number of aromatic amines is 1. The van der Waals surface area contributed by atoms with Crippen LogP contribution in [0.15, 0.2) is 24.3 Å². The van der Waals surface area contributed by atoms with Gasteiger partial charge >= 0.3 is 6.03 Å². The van der Waals surface area contributed by atoms with Gasteiger partial charge in [0.15, 0.2) is 5.78 Å². The Hall–Kier alpha value is -2.63. The van der Waals surface area contributed by atoms with Crippen molar-refractivity contribution in [1.29, 1.82) is 0 Å². The highest BCUT2D eigenvalue weighted by atomic mass is 16.2. The molecule has 6 nitrogen and oxygen atoms in total. The molecule has 2 fully saturated rings. The molecule has 1 aromatic heterocycles. The summed E-state index contributed by atoms with van der Waals surface area (Å²) in [6.45, 7) is 1.63. The van der Waals surface area contributed by atoms with E-state index in [1.165, 1.54) is 6.42 Å². The van der Waals surface area contributed by atoms with Gasteiger partial charge < -0.3 is 10.3 Å². The number of ketones is 1. The molecule has 0 bridgehead atoms. The lowest BCUT2D eigenvalue weighted by molar-refractivity contribution is -0.131. The quantitative estimate of drug-likeness (QED) is 0.641. The van der Waals surface area contributed by atoms with Gasteiger partial charge in [0.1, 0.15) is 5.54 Å². The van der Waals surface area contributed by atoms with Gasteiger partial charge in [-0.2, -0.15) is 0 Å². The van der Waals surface area contributed by atoms with Gasteiger partial charge in [-0.05, 0) is 25.8 Å². The zero-order chi connectivity index (χ0) is 19.0. The summed E-state index contributed by atoms with van der Waals surface area (Å²) in [5.41, 5.74) is 1.39. The Kier molecular flexibility index (Phi) is 4.50. The van der Waals surface area contributed by atoms with E-state index in [1.807, 2.05) is 31.2 Å². The molecule has 2 aromatic rings. The number of amides is 3. The lowest BCUT2D eigenvalue weighted by Gasteiger charge is -2.28. The van der Waals surface area contributed by atoms with Crippen LogP contribution in [0.4, 0.5) is 4.79 Å². The molecule has 0 unspecified atom stereocenters. The molecular formula is C21H25N3O3. The van der Waals surface area contributed by atoms with Crippen molar-refractivity contribution in [1.82, 2.24) is 15.2 Å². The normalized spacial score (nSPS) is 20.0. The summed E-state index contributed by atoms with van der Waals surface area (Å²) < 4.78 is 0. The van der Waals surface area contributed by atoms with Gasteiger partial charge in [-0.1, -0.05) is 50.3 Å². The van der Waals surface area contributed by atoms with Crippen molar-refractivity contribution < 1.29 is 14.4 Å². The molecule has 1 aromatic carbocycles. The largest absolute Gasteiger partial charge is 0.358 e. The highest BCUT2D eigenvalue weighted by Gasteiger charge is 2.50. The van der Waals surface area contributed by atoms with Crippen LogP contribution in [0.3, 0.4) is 0 Å². The molecule has 3 amide bonds. The van der Waals surface area contributed by atoms with Crippen LogP contribution < -0.4 is 5.32 Å². The van der Waals surface area contributed by atoms with Gasteiger partial charge in [-0.3, -0.25) is 14.5 Å². The number of para-hydroxylation sites is 1. The van der Waals surface area contributed by atoms with Crippen molar-refractivity contribution >= 4 is 28.6 Å². The number of Topliss-reactive ketones (excluding diaryl/α,β-unsaturated/α-hetero) is 1. The van der Waals surface area contributed by atoms with Crippen LogP contribution in [0.5, 0.6) is 0 Å². The second kappa shape index (κ2) is 6.83. The second-order valence-corrected chi connectivity index (χ2v) is 7.77. The SMILES string of the molecule is Cc1[nH]c2ccccc2c1C(=O)CN1C(=O)NC2(CCCCCCC2)C1=O. The van der Waals surface area contributed by atoms with Gasteiger partial charge in [0.05, 0.1) is 6.54 Å². The average Bonchev–Trinajstić information content (AvgIpc) is 3.07. The van der Waals surface area contributed by atoms with E-state index in [2.05, 4.69) is 10.3 Å². The zero-order valence-corrected chi connectivity index (χ0v) is 15.6. The van der Waals surface area contributed by atoms with Crippen LogP contribution in [0.1, 0.15) is 61.0 Å². The summed E-state index contributed by atoms with van der Waals surface area (Å²) in [6, 6.07) is 7.14. The number of hydrogen-bond acceptors (Lipinski definition) is 3. The molecule has 1 aliphatic carbocycles. The molecule has 0 radical (unpaired) electrons. The van der Waals surface area contributed by atoms with E-state index in [9.17, 15) is 14.4 Å². The molecule has 6 heteroatoms. The van der Waals surface area contributed by atoms with E-state index in [-0.39, 0.29) is 18.2 Å². The Labute approximate surface area is 158 Å². The van der Waals surface area contributed by atoms with Crippen LogP contribution in [0.25, 0.3) is 10.9 Å². The third-order valence-corrected chi connectivity index (χ3v) is 5.93. The summed E-state index contributed by atoms with van der Waals surface area (Å²) in [6.07, 6.45) is 6.52. The monoisotopic (exact) mass is 367 g/mol. The topological polar surface area (TPSA) is 82.3 Å². The Morgan fingerprint density at radius 3 is 2.48 bits per heavy atom. The Balaban J connectivity index is 1.58. The maximum atomic E-state index is 13.1. The third-order valence-electron chi connectivity index (χ3n) is 5.93.